The van der Waals surface area contributed by atoms with E-state index in [-0.39, 0.29) is 12.4 Å². The summed E-state index contributed by atoms with van der Waals surface area (Å²) in [4.78, 5) is 24.4. The molecule has 3 rings (SSSR count). The molecular weight excluding hydrogens is 402 g/mol. The fourth-order valence-corrected chi connectivity index (χ4v) is 2.88. The fraction of sp³-hybridized carbons (Fsp3) is 0.158. The predicted molar refractivity (Wildman–Crippen MR) is 100.0 cm³/mol. The van der Waals surface area contributed by atoms with Gasteiger partial charge < -0.3 is 19.2 Å². The van der Waals surface area contributed by atoms with E-state index in [2.05, 4.69) is 21.2 Å². The molecule has 26 heavy (non-hydrogen) atoms. The van der Waals surface area contributed by atoms with E-state index in [1.165, 1.54) is 7.11 Å². The van der Waals surface area contributed by atoms with Crippen LogP contribution in [0.4, 0.5) is 5.69 Å². The third-order valence-corrected chi connectivity index (χ3v) is 4.35. The third-order valence-electron chi connectivity index (χ3n) is 3.65. The van der Waals surface area contributed by atoms with Crippen molar-refractivity contribution < 1.29 is 23.5 Å². The second kappa shape index (κ2) is 8.16. The summed E-state index contributed by atoms with van der Waals surface area (Å²) in [5.74, 6) is -1.12. The molecule has 0 aliphatic carbocycles. The molecular formula is C19H16BrNO5. The van der Waals surface area contributed by atoms with Crippen LogP contribution in [0, 0.1) is 0 Å². The smallest absolute Gasteiger partial charge is 0.375 e. The third kappa shape index (κ3) is 3.95. The van der Waals surface area contributed by atoms with Gasteiger partial charge in [-0.1, -0.05) is 30.3 Å². The molecule has 2 aromatic carbocycles. The lowest BCUT2D eigenvalue weighted by Gasteiger charge is -2.08. The number of ether oxygens (including phenoxy) is 2. The number of hydrogen-bond acceptors (Lipinski definition) is 5. The average Bonchev–Trinajstić information content (AvgIpc) is 3.01. The van der Waals surface area contributed by atoms with Crippen molar-refractivity contribution in [2.24, 2.45) is 0 Å². The summed E-state index contributed by atoms with van der Waals surface area (Å²) < 4.78 is 16.6. The molecule has 1 N–H and O–H groups in total. The summed E-state index contributed by atoms with van der Waals surface area (Å²) in [5, 5.41) is 3.44. The minimum absolute atomic E-state index is 0.0433. The van der Waals surface area contributed by atoms with Crippen molar-refractivity contribution in [1.29, 1.82) is 0 Å². The Bertz CT molecular complexity index is 950. The van der Waals surface area contributed by atoms with Crippen molar-refractivity contribution in [3.8, 4) is 0 Å². The normalized spacial score (nSPS) is 10.7. The molecule has 0 saturated heterocycles. The van der Waals surface area contributed by atoms with Gasteiger partial charge in [-0.05, 0) is 34.1 Å². The lowest BCUT2D eigenvalue weighted by Crippen LogP contribution is -2.21. The number of para-hydroxylation sites is 2. The Hall–Kier alpha value is -2.64. The van der Waals surface area contributed by atoms with Gasteiger partial charge in [0.1, 0.15) is 5.58 Å². The maximum atomic E-state index is 12.4. The Morgan fingerprint density at radius 1 is 1.12 bits per heavy atom. The molecule has 3 aromatic rings. The van der Waals surface area contributed by atoms with Crippen LogP contribution in [-0.2, 0) is 20.9 Å². The van der Waals surface area contributed by atoms with Crippen LogP contribution in [0.3, 0.4) is 0 Å². The minimum Gasteiger partial charge on any atom is -0.450 e. The number of carbonyl (C=O) groups is 2. The van der Waals surface area contributed by atoms with E-state index < -0.39 is 18.5 Å². The highest BCUT2D eigenvalue weighted by atomic mass is 79.9. The van der Waals surface area contributed by atoms with E-state index in [1.807, 2.05) is 24.3 Å². The van der Waals surface area contributed by atoms with E-state index in [0.717, 1.165) is 9.86 Å². The summed E-state index contributed by atoms with van der Waals surface area (Å²) in [7, 11) is 1.53. The van der Waals surface area contributed by atoms with E-state index in [4.69, 9.17) is 13.9 Å². The number of methoxy groups -OCH3 is 1. The van der Waals surface area contributed by atoms with Gasteiger partial charge in [0.15, 0.2) is 6.61 Å². The second-order valence-electron chi connectivity index (χ2n) is 5.44. The largest absolute Gasteiger partial charge is 0.450 e. The predicted octanol–water partition coefficient (Wildman–Crippen LogP) is 4.14. The van der Waals surface area contributed by atoms with Gasteiger partial charge in [-0.25, -0.2) is 4.79 Å². The van der Waals surface area contributed by atoms with Crippen LogP contribution in [0.25, 0.3) is 11.0 Å². The first kappa shape index (κ1) is 18.2. The molecule has 0 aliphatic heterocycles. The van der Waals surface area contributed by atoms with Gasteiger partial charge in [0, 0.05) is 22.5 Å². The molecule has 1 heterocycles. The average molecular weight is 418 g/mol. The zero-order valence-corrected chi connectivity index (χ0v) is 15.5. The van der Waals surface area contributed by atoms with Crippen LogP contribution in [0.2, 0.25) is 0 Å². The Kier molecular flexibility index (Phi) is 5.70. The number of anilines is 1. The van der Waals surface area contributed by atoms with Crippen molar-refractivity contribution in [3.05, 3.63) is 64.3 Å². The number of amides is 1. The van der Waals surface area contributed by atoms with E-state index >= 15 is 0 Å². The number of halogens is 1. The Morgan fingerprint density at radius 2 is 1.85 bits per heavy atom. The van der Waals surface area contributed by atoms with Crippen LogP contribution < -0.4 is 5.32 Å². The number of benzene rings is 2. The monoisotopic (exact) mass is 417 g/mol. The van der Waals surface area contributed by atoms with Crippen molar-refractivity contribution in [3.63, 3.8) is 0 Å². The summed E-state index contributed by atoms with van der Waals surface area (Å²) in [6.07, 6.45) is 0. The molecule has 1 aromatic heterocycles. The Morgan fingerprint density at radius 3 is 2.62 bits per heavy atom. The highest BCUT2D eigenvalue weighted by molar-refractivity contribution is 9.10. The van der Waals surface area contributed by atoms with Crippen LogP contribution in [0.5, 0.6) is 0 Å². The number of furan rings is 1. The van der Waals surface area contributed by atoms with E-state index in [9.17, 15) is 9.59 Å². The van der Waals surface area contributed by atoms with Crippen molar-refractivity contribution in [2.75, 3.05) is 19.0 Å². The van der Waals surface area contributed by atoms with Gasteiger partial charge in [-0.2, -0.15) is 0 Å². The second-order valence-corrected chi connectivity index (χ2v) is 6.30. The first-order valence-electron chi connectivity index (χ1n) is 7.81. The first-order chi connectivity index (χ1) is 12.6. The maximum Gasteiger partial charge on any atom is 0.375 e. The van der Waals surface area contributed by atoms with Gasteiger partial charge >= 0.3 is 5.97 Å². The van der Waals surface area contributed by atoms with Crippen molar-refractivity contribution >= 4 is 44.5 Å². The van der Waals surface area contributed by atoms with Gasteiger partial charge in [0.05, 0.1) is 12.3 Å². The van der Waals surface area contributed by atoms with Gasteiger partial charge in [-0.15, -0.1) is 0 Å². The van der Waals surface area contributed by atoms with Crippen LogP contribution >= 0.6 is 15.9 Å². The molecule has 6 nitrogen and oxygen atoms in total. The lowest BCUT2D eigenvalue weighted by atomic mass is 10.1. The summed E-state index contributed by atoms with van der Waals surface area (Å²) in [6, 6.07) is 14.4. The Labute approximate surface area is 158 Å². The Balaban J connectivity index is 1.70. The SMILES string of the molecule is COCc1c(C(=O)OCC(=O)Nc2ccccc2Br)oc2ccccc12. The van der Waals surface area contributed by atoms with Crippen molar-refractivity contribution in [2.45, 2.75) is 6.61 Å². The fourth-order valence-electron chi connectivity index (χ4n) is 2.50. The molecule has 7 heteroatoms. The zero-order chi connectivity index (χ0) is 18.5. The topological polar surface area (TPSA) is 77.8 Å². The highest BCUT2D eigenvalue weighted by Gasteiger charge is 2.22. The van der Waals surface area contributed by atoms with Crippen LogP contribution in [-0.4, -0.2) is 25.6 Å². The number of hydrogen-bond donors (Lipinski definition) is 1. The molecule has 0 spiro atoms. The maximum absolute atomic E-state index is 12.4. The number of esters is 1. The van der Waals surface area contributed by atoms with Gasteiger partial charge in [-0.3, -0.25) is 4.79 Å². The molecule has 1 amide bonds. The van der Waals surface area contributed by atoms with Gasteiger partial charge in [0.25, 0.3) is 5.91 Å². The number of nitrogens with one attached hydrogen (secondary N) is 1. The van der Waals surface area contributed by atoms with E-state index in [1.54, 1.807) is 24.3 Å². The molecule has 0 radical (unpaired) electrons. The lowest BCUT2D eigenvalue weighted by molar-refractivity contribution is -0.119. The number of rotatable bonds is 6. The summed E-state index contributed by atoms with van der Waals surface area (Å²) >= 11 is 3.34. The zero-order valence-electron chi connectivity index (χ0n) is 14.0. The van der Waals surface area contributed by atoms with Crippen LogP contribution in [0.15, 0.2) is 57.4 Å². The molecule has 0 aliphatic rings. The standard InChI is InChI=1S/C19H16BrNO5/c1-24-10-13-12-6-2-5-9-16(12)26-18(13)19(23)25-11-17(22)21-15-8-4-3-7-14(15)20/h2-9H,10-11H2,1H3,(H,21,22). The quantitative estimate of drug-likeness (QED) is 0.609. The van der Waals surface area contributed by atoms with Crippen LogP contribution in [0.1, 0.15) is 16.1 Å². The highest BCUT2D eigenvalue weighted by Crippen LogP contribution is 2.27. The van der Waals surface area contributed by atoms with Crippen molar-refractivity contribution in [1.82, 2.24) is 0 Å². The molecule has 0 fully saturated rings. The summed E-state index contributed by atoms with van der Waals surface area (Å²) in [5.41, 5.74) is 1.75. The van der Waals surface area contributed by atoms with Gasteiger partial charge in [0.2, 0.25) is 5.76 Å². The molecule has 0 atom stereocenters. The molecule has 0 unspecified atom stereocenters. The number of fused-ring (bicyclic) bond motifs is 1. The molecule has 0 saturated carbocycles. The number of carbonyl (C=O) groups excluding carboxylic acids is 2. The summed E-state index contributed by atoms with van der Waals surface area (Å²) in [6.45, 7) is -0.228. The minimum atomic E-state index is -0.712. The first-order valence-corrected chi connectivity index (χ1v) is 8.60. The molecule has 134 valence electrons. The molecule has 0 bridgehead atoms. The van der Waals surface area contributed by atoms with E-state index in [0.29, 0.717) is 16.8 Å².